The first-order chi connectivity index (χ1) is 14.4. The fourth-order valence-corrected chi connectivity index (χ4v) is 3.69. The van der Waals surface area contributed by atoms with Gasteiger partial charge in [-0.2, -0.15) is 8.78 Å². The highest BCUT2D eigenvalue weighted by Crippen LogP contribution is 2.36. The highest BCUT2D eigenvalue weighted by molar-refractivity contribution is 5.98. The number of alkyl halides is 2. The molecule has 1 aliphatic carbocycles. The summed E-state index contributed by atoms with van der Waals surface area (Å²) >= 11 is 0. The predicted molar refractivity (Wildman–Crippen MR) is 107 cm³/mol. The number of benzene rings is 2. The van der Waals surface area contributed by atoms with Crippen LogP contribution in [0, 0.1) is 5.92 Å². The summed E-state index contributed by atoms with van der Waals surface area (Å²) in [4.78, 5) is 26.6. The molecule has 0 bridgehead atoms. The van der Waals surface area contributed by atoms with Crippen molar-refractivity contribution in [1.82, 2.24) is 4.90 Å². The highest BCUT2D eigenvalue weighted by Gasteiger charge is 2.41. The SMILES string of the molecule is COc1ccc(-c2cc(NC(=O)[C@@H]3CC(=O)N(C4CC4)C3)ccc2OC(F)F)cc1. The van der Waals surface area contributed by atoms with Crippen LogP contribution in [0.4, 0.5) is 14.5 Å². The first-order valence-corrected chi connectivity index (χ1v) is 9.78. The zero-order valence-electron chi connectivity index (χ0n) is 16.4. The van der Waals surface area contributed by atoms with E-state index >= 15 is 0 Å². The molecule has 1 aliphatic heterocycles. The van der Waals surface area contributed by atoms with Crippen molar-refractivity contribution >= 4 is 17.5 Å². The summed E-state index contributed by atoms with van der Waals surface area (Å²) in [5.74, 6) is -0.0266. The number of amides is 2. The van der Waals surface area contributed by atoms with Crippen LogP contribution in [0.3, 0.4) is 0 Å². The molecule has 0 spiro atoms. The highest BCUT2D eigenvalue weighted by atomic mass is 19.3. The van der Waals surface area contributed by atoms with E-state index in [1.807, 2.05) is 0 Å². The molecule has 1 saturated carbocycles. The van der Waals surface area contributed by atoms with Gasteiger partial charge in [0.25, 0.3) is 0 Å². The lowest BCUT2D eigenvalue weighted by Crippen LogP contribution is -2.29. The zero-order chi connectivity index (χ0) is 21.3. The number of anilines is 1. The summed E-state index contributed by atoms with van der Waals surface area (Å²) in [6.45, 7) is -2.55. The molecule has 2 aromatic carbocycles. The molecule has 1 saturated heterocycles. The molecule has 30 heavy (non-hydrogen) atoms. The van der Waals surface area contributed by atoms with Crippen LogP contribution < -0.4 is 14.8 Å². The van der Waals surface area contributed by atoms with Gasteiger partial charge in [-0.25, -0.2) is 0 Å². The number of likely N-dealkylation sites (tertiary alicyclic amines) is 1. The lowest BCUT2D eigenvalue weighted by atomic mass is 10.0. The third-order valence-electron chi connectivity index (χ3n) is 5.38. The second-order valence-corrected chi connectivity index (χ2v) is 7.49. The van der Waals surface area contributed by atoms with Gasteiger partial charge in [0.15, 0.2) is 0 Å². The number of carbonyl (C=O) groups excluding carboxylic acids is 2. The number of carbonyl (C=O) groups is 2. The van der Waals surface area contributed by atoms with E-state index in [1.165, 1.54) is 19.2 Å². The second kappa shape index (κ2) is 8.30. The van der Waals surface area contributed by atoms with Crippen molar-refractivity contribution in [3.05, 3.63) is 42.5 Å². The number of halogens is 2. The summed E-state index contributed by atoms with van der Waals surface area (Å²) in [7, 11) is 1.54. The molecule has 2 aliphatic rings. The Kier molecular flexibility index (Phi) is 5.57. The van der Waals surface area contributed by atoms with Crippen molar-refractivity contribution in [2.45, 2.75) is 31.9 Å². The molecular formula is C22H22F2N2O4. The van der Waals surface area contributed by atoms with Crippen LogP contribution in [0.15, 0.2) is 42.5 Å². The number of hydrogen-bond donors (Lipinski definition) is 1. The Hall–Kier alpha value is -3.16. The lowest BCUT2D eigenvalue weighted by Gasteiger charge is -2.16. The third-order valence-corrected chi connectivity index (χ3v) is 5.38. The average Bonchev–Trinajstić information content (AvgIpc) is 3.50. The molecule has 1 N–H and O–H groups in total. The predicted octanol–water partition coefficient (Wildman–Crippen LogP) is 3.91. The van der Waals surface area contributed by atoms with Crippen molar-refractivity contribution in [2.24, 2.45) is 5.92 Å². The number of methoxy groups -OCH3 is 1. The Balaban J connectivity index is 1.54. The average molecular weight is 416 g/mol. The largest absolute Gasteiger partial charge is 0.497 e. The van der Waals surface area contributed by atoms with Crippen LogP contribution in [-0.2, 0) is 9.59 Å². The molecule has 0 unspecified atom stereocenters. The van der Waals surface area contributed by atoms with Crippen LogP contribution in [0.25, 0.3) is 11.1 Å². The maximum absolute atomic E-state index is 12.8. The van der Waals surface area contributed by atoms with Gasteiger partial charge in [-0.15, -0.1) is 0 Å². The Morgan fingerprint density at radius 2 is 1.90 bits per heavy atom. The zero-order valence-corrected chi connectivity index (χ0v) is 16.4. The molecule has 6 nitrogen and oxygen atoms in total. The molecule has 158 valence electrons. The summed E-state index contributed by atoms with van der Waals surface area (Å²) < 4.78 is 35.5. The van der Waals surface area contributed by atoms with E-state index in [2.05, 4.69) is 10.1 Å². The molecule has 1 atom stereocenters. The van der Waals surface area contributed by atoms with E-state index in [4.69, 9.17) is 4.74 Å². The minimum atomic E-state index is -2.97. The van der Waals surface area contributed by atoms with Crippen molar-refractivity contribution in [1.29, 1.82) is 0 Å². The Morgan fingerprint density at radius 3 is 2.53 bits per heavy atom. The van der Waals surface area contributed by atoms with E-state index in [9.17, 15) is 18.4 Å². The summed E-state index contributed by atoms with van der Waals surface area (Å²) in [5.41, 5.74) is 1.50. The van der Waals surface area contributed by atoms with Gasteiger partial charge >= 0.3 is 6.61 Å². The standard InChI is InChI=1S/C22H22F2N2O4/c1-29-17-7-2-13(3-8-17)18-11-15(4-9-19(18)30-22(23)24)25-21(28)14-10-20(27)26(12-14)16-5-6-16/h2-4,7-9,11,14,16,22H,5-6,10,12H2,1H3,(H,25,28)/t14-/m1/s1. The molecule has 2 fully saturated rings. The Morgan fingerprint density at radius 1 is 1.17 bits per heavy atom. The summed E-state index contributed by atoms with van der Waals surface area (Å²) in [6, 6.07) is 11.7. The van der Waals surface area contributed by atoms with Crippen molar-refractivity contribution in [3.8, 4) is 22.6 Å². The minimum absolute atomic E-state index is 0.00381. The summed E-state index contributed by atoms with van der Waals surface area (Å²) in [5, 5.41) is 2.81. The Labute approximate surface area is 172 Å². The van der Waals surface area contributed by atoms with Crippen molar-refractivity contribution < 1.29 is 27.8 Å². The van der Waals surface area contributed by atoms with Crippen molar-refractivity contribution in [2.75, 3.05) is 19.0 Å². The lowest BCUT2D eigenvalue weighted by molar-refractivity contribution is -0.128. The van der Waals surface area contributed by atoms with Gasteiger partial charge in [0.1, 0.15) is 11.5 Å². The fraction of sp³-hybridized carbons (Fsp3) is 0.364. The van der Waals surface area contributed by atoms with Crippen LogP contribution >= 0.6 is 0 Å². The molecule has 4 rings (SSSR count). The number of nitrogens with zero attached hydrogens (tertiary/aromatic N) is 1. The molecule has 2 aromatic rings. The molecule has 8 heteroatoms. The first kappa shape index (κ1) is 20.1. The van der Waals surface area contributed by atoms with Gasteiger partial charge in [0.05, 0.1) is 13.0 Å². The smallest absolute Gasteiger partial charge is 0.387 e. The van der Waals surface area contributed by atoms with Crippen LogP contribution in [0.5, 0.6) is 11.5 Å². The van der Waals surface area contributed by atoms with E-state index in [0.717, 1.165) is 12.8 Å². The van der Waals surface area contributed by atoms with Crippen molar-refractivity contribution in [3.63, 3.8) is 0 Å². The monoisotopic (exact) mass is 416 g/mol. The van der Waals surface area contributed by atoms with Gasteiger partial charge in [-0.3, -0.25) is 9.59 Å². The van der Waals surface area contributed by atoms with Gasteiger partial charge < -0.3 is 19.7 Å². The van der Waals surface area contributed by atoms with Crippen LogP contribution in [0.2, 0.25) is 0 Å². The van der Waals surface area contributed by atoms with E-state index in [0.29, 0.717) is 29.1 Å². The minimum Gasteiger partial charge on any atom is -0.497 e. The van der Waals surface area contributed by atoms with E-state index in [-0.39, 0.29) is 30.0 Å². The van der Waals surface area contributed by atoms with E-state index < -0.39 is 12.5 Å². The molecule has 0 radical (unpaired) electrons. The molecule has 0 aromatic heterocycles. The van der Waals surface area contributed by atoms with Gasteiger partial charge in [-0.1, -0.05) is 12.1 Å². The van der Waals surface area contributed by atoms with Crippen LogP contribution in [0.1, 0.15) is 19.3 Å². The number of ether oxygens (including phenoxy) is 2. The normalized spacial score (nSPS) is 18.6. The van der Waals surface area contributed by atoms with Crippen LogP contribution in [-0.4, -0.2) is 43.0 Å². The number of hydrogen-bond acceptors (Lipinski definition) is 4. The number of rotatable bonds is 7. The second-order valence-electron chi connectivity index (χ2n) is 7.49. The number of nitrogens with one attached hydrogen (secondary N) is 1. The first-order valence-electron chi connectivity index (χ1n) is 9.78. The molecular weight excluding hydrogens is 394 g/mol. The maximum Gasteiger partial charge on any atom is 0.387 e. The van der Waals surface area contributed by atoms with Gasteiger partial charge in [-0.05, 0) is 48.7 Å². The quantitative estimate of drug-likeness (QED) is 0.743. The van der Waals surface area contributed by atoms with Gasteiger partial charge in [0.2, 0.25) is 11.8 Å². The topological polar surface area (TPSA) is 67.9 Å². The Bertz CT molecular complexity index is 945. The summed E-state index contributed by atoms with van der Waals surface area (Å²) in [6.07, 6.45) is 2.19. The maximum atomic E-state index is 12.8. The van der Waals surface area contributed by atoms with Gasteiger partial charge in [0, 0.05) is 30.3 Å². The van der Waals surface area contributed by atoms with E-state index in [1.54, 1.807) is 35.2 Å². The fourth-order valence-electron chi connectivity index (χ4n) is 3.69. The molecule has 2 amide bonds. The third kappa shape index (κ3) is 4.37. The molecule has 1 heterocycles.